The van der Waals surface area contributed by atoms with Crippen LogP contribution < -0.4 is 5.32 Å². The third kappa shape index (κ3) is 2.77. The number of anilines is 1. The summed E-state index contributed by atoms with van der Waals surface area (Å²) in [6.07, 6.45) is 0. The molecular formula is C13H10FN3O3. The smallest absolute Gasteiger partial charge is 0.274 e. The fraction of sp³-hybridized carbons (Fsp3) is 0.0769. The predicted molar refractivity (Wildman–Crippen MR) is 70.0 cm³/mol. The molecule has 2 rings (SSSR count). The maximum atomic E-state index is 12.9. The number of halogens is 1. The van der Waals surface area contributed by atoms with Crippen LogP contribution in [0.4, 0.5) is 15.8 Å². The number of nitro benzene ring substituents is 1. The molecule has 0 bridgehead atoms. The average Bonchev–Trinajstić information content (AvgIpc) is 2.40. The summed E-state index contributed by atoms with van der Waals surface area (Å²) >= 11 is 0. The summed E-state index contributed by atoms with van der Waals surface area (Å²) in [6, 6.07) is 8.16. The van der Waals surface area contributed by atoms with Crippen LogP contribution in [0.25, 0.3) is 0 Å². The summed E-state index contributed by atoms with van der Waals surface area (Å²) in [5.74, 6) is -1.40. The second kappa shape index (κ2) is 5.43. The van der Waals surface area contributed by atoms with Crippen LogP contribution in [-0.4, -0.2) is 15.8 Å². The zero-order valence-electron chi connectivity index (χ0n) is 10.5. The number of pyridine rings is 1. The highest BCUT2D eigenvalue weighted by molar-refractivity contribution is 6.03. The van der Waals surface area contributed by atoms with Crippen LogP contribution in [0.15, 0.2) is 36.4 Å². The van der Waals surface area contributed by atoms with E-state index in [9.17, 15) is 19.3 Å². The van der Waals surface area contributed by atoms with Gasteiger partial charge in [-0.2, -0.15) is 4.39 Å². The van der Waals surface area contributed by atoms with Crippen molar-refractivity contribution in [2.24, 2.45) is 0 Å². The van der Waals surface area contributed by atoms with Crippen molar-refractivity contribution in [1.82, 2.24) is 4.98 Å². The van der Waals surface area contributed by atoms with E-state index >= 15 is 0 Å². The first-order chi connectivity index (χ1) is 9.49. The number of carbonyl (C=O) groups excluding carboxylic acids is 1. The monoisotopic (exact) mass is 275 g/mol. The summed E-state index contributed by atoms with van der Waals surface area (Å²) in [7, 11) is 0. The quantitative estimate of drug-likeness (QED) is 0.530. The van der Waals surface area contributed by atoms with Crippen molar-refractivity contribution in [1.29, 1.82) is 0 Å². The maximum Gasteiger partial charge on any atom is 0.274 e. The molecule has 7 heteroatoms. The molecule has 0 atom stereocenters. The van der Waals surface area contributed by atoms with Crippen LogP contribution in [0.5, 0.6) is 0 Å². The Morgan fingerprint density at radius 3 is 2.65 bits per heavy atom. The Balaban J connectivity index is 2.29. The van der Waals surface area contributed by atoms with Crippen LogP contribution in [-0.2, 0) is 0 Å². The summed E-state index contributed by atoms with van der Waals surface area (Å²) in [6.45, 7) is 1.52. The molecular weight excluding hydrogens is 265 g/mol. The highest BCUT2D eigenvalue weighted by Gasteiger charge is 2.16. The molecule has 0 spiro atoms. The van der Waals surface area contributed by atoms with Gasteiger partial charge in [0.05, 0.1) is 16.2 Å². The molecule has 0 aliphatic rings. The lowest BCUT2D eigenvalue weighted by Gasteiger charge is -2.08. The zero-order chi connectivity index (χ0) is 14.7. The van der Waals surface area contributed by atoms with Gasteiger partial charge in [-0.1, -0.05) is 12.1 Å². The van der Waals surface area contributed by atoms with E-state index in [1.807, 2.05) is 0 Å². The fourth-order valence-corrected chi connectivity index (χ4v) is 1.68. The molecule has 1 heterocycles. The molecule has 0 saturated carbocycles. The Morgan fingerprint density at radius 1 is 1.30 bits per heavy atom. The second-order valence-corrected chi connectivity index (χ2v) is 4.01. The standard InChI is InChI=1S/C13H10FN3O3/c1-8-9(4-2-6-11(8)17(19)20)16-13(18)10-5-3-7-12(14)15-10/h2-7H,1H3,(H,16,18). The van der Waals surface area contributed by atoms with Gasteiger partial charge in [0.15, 0.2) is 0 Å². The van der Waals surface area contributed by atoms with Gasteiger partial charge in [-0.25, -0.2) is 4.98 Å². The SMILES string of the molecule is Cc1c(NC(=O)c2cccc(F)n2)cccc1[N+](=O)[O-]. The van der Waals surface area contributed by atoms with Gasteiger partial charge in [-0.3, -0.25) is 14.9 Å². The van der Waals surface area contributed by atoms with E-state index in [-0.39, 0.29) is 17.1 Å². The average molecular weight is 275 g/mol. The van der Waals surface area contributed by atoms with Crippen molar-refractivity contribution < 1.29 is 14.1 Å². The first-order valence-electron chi connectivity index (χ1n) is 5.67. The van der Waals surface area contributed by atoms with Gasteiger partial charge >= 0.3 is 0 Å². The number of hydrogen-bond donors (Lipinski definition) is 1. The molecule has 1 aromatic heterocycles. The van der Waals surface area contributed by atoms with Crippen molar-refractivity contribution in [3.63, 3.8) is 0 Å². The molecule has 0 fully saturated rings. The maximum absolute atomic E-state index is 12.9. The Kier molecular flexibility index (Phi) is 3.69. The van der Waals surface area contributed by atoms with E-state index in [1.165, 1.54) is 37.3 Å². The van der Waals surface area contributed by atoms with Gasteiger partial charge in [-0.15, -0.1) is 0 Å². The molecule has 20 heavy (non-hydrogen) atoms. The molecule has 0 radical (unpaired) electrons. The van der Waals surface area contributed by atoms with E-state index in [2.05, 4.69) is 10.3 Å². The number of benzene rings is 1. The number of hydrogen-bond acceptors (Lipinski definition) is 4. The van der Waals surface area contributed by atoms with Crippen LogP contribution in [0.1, 0.15) is 16.1 Å². The van der Waals surface area contributed by atoms with E-state index in [1.54, 1.807) is 0 Å². The minimum atomic E-state index is -0.770. The van der Waals surface area contributed by atoms with Crippen LogP contribution in [0, 0.1) is 23.0 Å². The summed E-state index contributed by atoms with van der Waals surface area (Å²) in [5.41, 5.74) is 0.406. The molecule has 6 nitrogen and oxygen atoms in total. The summed E-state index contributed by atoms with van der Waals surface area (Å²) < 4.78 is 12.9. The number of nitro groups is 1. The first-order valence-corrected chi connectivity index (χ1v) is 5.67. The van der Waals surface area contributed by atoms with Crippen molar-refractivity contribution in [3.05, 3.63) is 63.7 Å². The third-order valence-electron chi connectivity index (χ3n) is 2.70. The lowest BCUT2D eigenvalue weighted by atomic mass is 10.1. The summed E-state index contributed by atoms with van der Waals surface area (Å²) in [5, 5.41) is 13.3. The van der Waals surface area contributed by atoms with Gasteiger partial charge < -0.3 is 5.32 Å². The number of amides is 1. The van der Waals surface area contributed by atoms with Crippen LogP contribution in [0.2, 0.25) is 0 Å². The summed E-state index contributed by atoms with van der Waals surface area (Å²) in [4.78, 5) is 25.6. The Hall–Kier alpha value is -2.83. The van der Waals surface area contributed by atoms with E-state index in [4.69, 9.17) is 0 Å². The number of nitrogens with zero attached hydrogens (tertiary/aromatic N) is 2. The number of nitrogens with one attached hydrogen (secondary N) is 1. The molecule has 0 saturated heterocycles. The number of rotatable bonds is 3. The molecule has 1 amide bonds. The van der Waals surface area contributed by atoms with E-state index in [0.29, 0.717) is 5.56 Å². The largest absolute Gasteiger partial charge is 0.320 e. The molecule has 102 valence electrons. The van der Waals surface area contributed by atoms with Crippen molar-refractivity contribution in [3.8, 4) is 0 Å². The van der Waals surface area contributed by atoms with Gasteiger partial charge in [0.2, 0.25) is 5.95 Å². The number of carbonyl (C=O) groups is 1. The van der Waals surface area contributed by atoms with Crippen LogP contribution in [0.3, 0.4) is 0 Å². The topological polar surface area (TPSA) is 85.1 Å². The predicted octanol–water partition coefficient (Wildman–Crippen LogP) is 2.69. The Morgan fingerprint density at radius 2 is 2.00 bits per heavy atom. The molecule has 2 aromatic rings. The highest BCUT2D eigenvalue weighted by atomic mass is 19.1. The fourth-order valence-electron chi connectivity index (χ4n) is 1.68. The Labute approximate surface area is 113 Å². The van der Waals surface area contributed by atoms with Gasteiger partial charge in [0.25, 0.3) is 11.6 Å². The third-order valence-corrected chi connectivity index (χ3v) is 2.70. The minimum absolute atomic E-state index is 0.101. The van der Waals surface area contributed by atoms with Gasteiger partial charge in [-0.05, 0) is 25.1 Å². The van der Waals surface area contributed by atoms with Crippen LogP contribution >= 0.6 is 0 Å². The highest BCUT2D eigenvalue weighted by Crippen LogP contribution is 2.25. The van der Waals surface area contributed by atoms with E-state index in [0.717, 1.165) is 6.07 Å². The lowest BCUT2D eigenvalue weighted by molar-refractivity contribution is -0.385. The first kappa shape index (κ1) is 13.6. The Bertz CT molecular complexity index is 688. The van der Waals surface area contributed by atoms with E-state index < -0.39 is 16.8 Å². The molecule has 0 unspecified atom stereocenters. The van der Waals surface area contributed by atoms with Crippen molar-refractivity contribution in [2.45, 2.75) is 6.92 Å². The molecule has 0 aliphatic heterocycles. The normalized spacial score (nSPS) is 10.1. The lowest BCUT2D eigenvalue weighted by Crippen LogP contribution is -2.15. The van der Waals surface area contributed by atoms with Crippen molar-refractivity contribution >= 4 is 17.3 Å². The second-order valence-electron chi connectivity index (χ2n) is 4.01. The van der Waals surface area contributed by atoms with Gasteiger partial charge in [0.1, 0.15) is 5.69 Å². The molecule has 0 aliphatic carbocycles. The van der Waals surface area contributed by atoms with Crippen molar-refractivity contribution in [2.75, 3.05) is 5.32 Å². The van der Waals surface area contributed by atoms with Gasteiger partial charge in [0, 0.05) is 6.07 Å². The molecule has 1 N–H and O–H groups in total. The number of aromatic nitrogens is 1. The molecule has 1 aromatic carbocycles. The minimum Gasteiger partial charge on any atom is -0.320 e. The zero-order valence-corrected chi connectivity index (χ0v) is 10.5.